The Kier molecular flexibility index (Phi) is 9.02. The number of phenolic OH excluding ortho intramolecular Hbond substituents is 1. The number of carbonyl (C=O) groups excluding carboxylic acids is 4. The summed E-state index contributed by atoms with van der Waals surface area (Å²) in [5, 5.41) is 21.2. The van der Waals surface area contributed by atoms with E-state index in [1.807, 2.05) is 49.4 Å². The first-order valence-corrected chi connectivity index (χ1v) is 21.4. The predicted octanol–water partition coefficient (Wildman–Crippen LogP) is 9.47. The molecule has 3 aromatic carbocycles. The number of amides is 4. The average Bonchev–Trinajstić information content (AvgIpc) is 3.91. The van der Waals surface area contributed by atoms with Crippen LogP contribution in [0.5, 0.6) is 5.75 Å². The molecule has 6 atom stereocenters. The fourth-order valence-corrected chi connectivity index (χ4v) is 12.0. The number of aromatic nitrogens is 3. The molecule has 62 heavy (non-hydrogen) atoms. The maximum Gasteiger partial charge on any atom is 0.433 e. The standard InChI is InChI=1S/C45H35Cl2F3N6O5S/c1-20-27-17-22(46)10-15-32(27)62-38(20)31-19-34(53(3)52-31)55-41(59)29-18-28-24(36(44(29,2)43(55)61)26-11-9-21-7-5-6-8-23(21)37(26)57)12-13-25-35(28)42(60)56(40(25)58)54(4)39-30(47)14-16-33(51-39)45(48,49)50/h5-12,14-17,19,25,28-29,35-36,57H,13,18H2,1-4H3. The highest BCUT2D eigenvalue weighted by Gasteiger charge is 2.68. The minimum atomic E-state index is -4.83. The number of fused-ring (bicyclic) bond motifs is 6. The summed E-state index contributed by atoms with van der Waals surface area (Å²) < 4.78 is 43.8. The van der Waals surface area contributed by atoms with Gasteiger partial charge in [0.05, 0.1) is 33.1 Å². The number of hydrogen-bond donors (Lipinski definition) is 1. The van der Waals surface area contributed by atoms with Crippen molar-refractivity contribution in [2.24, 2.45) is 36.1 Å². The van der Waals surface area contributed by atoms with Gasteiger partial charge < -0.3 is 5.11 Å². The first-order chi connectivity index (χ1) is 29.4. The van der Waals surface area contributed by atoms with E-state index in [2.05, 4.69) is 4.98 Å². The van der Waals surface area contributed by atoms with Crippen LogP contribution in [0.3, 0.4) is 0 Å². The van der Waals surface area contributed by atoms with E-state index < -0.39 is 76.3 Å². The van der Waals surface area contributed by atoms with Gasteiger partial charge in [-0.05, 0) is 79.3 Å². The van der Waals surface area contributed by atoms with Crippen molar-refractivity contribution in [3.05, 3.63) is 111 Å². The van der Waals surface area contributed by atoms with Gasteiger partial charge in [-0.25, -0.2) is 9.88 Å². The lowest BCUT2D eigenvalue weighted by atomic mass is 9.51. The maximum absolute atomic E-state index is 15.3. The van der Waals surface area contributed by atoms with Gasteiger partial charge in [0.2, 0.25) is 11.8 Å². The van der Waals surface area contributed by atoms with Gasteiger partial charge in [-0.15, -0.1) is 11.3 Å². The van der Waals surface area contributed by atoms with Gasteiger partial charge in [-0.2, -0.15) is 23.3 Å². The molecule has 3 fully saturated rings. The van der Waals surface area contributed by atoms with Crippen molar-refractivity contribution in [3.63, 3.8) is 0 Å². The summed E-state index contributed by atoms with van der Waals surface area (Å²) in [7, 11) is 2.90. The average molecular weight is 900 g/mol. The Hall–Kier alpha value is -5.77. The third kappa shape index (κ3) is 5.63. The number of nitrogens with zero attached hydrogens (tertiary/aromatic N) is 6. The van der Waals surface area contributed by atoms with E-state index in [-0.39, 0.29) is 29.4 Å². The molecule has 4 aliphatic rings. The molecule has 2 aliphatic carbocycles. The first kappa shape index (κ1) is 40.3. The predicted molar refractivity (Wildman–Crippen MR) is 229 cm³/mol. The number of halogens is 5. The van der Waals surface area contributed by atoms with E-state index in [1.165, 1.54) is 23.1 Å². The SMILES string of the molecule is Cc1c(-c2cc(N3C(=O)C4CC5C(=CCC6C(=O)N(N(C)c7nc(C(F)(F)F)ccc7Cl)C(=O)C65)C(c5ccc6ccccc6c5O)C4(C)C3=O)n(C)n2)sc2ccc(Cl)cc12. The Morgan fingerprint density at radius 1 is 0.935 bits per heavy atom. The third-order valence-electron chi connectivity index (χ3n) is 13.4. The number of aromatic hydroxyl groups is 1. The molecule has 3 aromatic heterocycles. The van der Waals surface area contributed by atoms with Crippen molar-refractivity contribution in [2.75, 3.05) is 17.0 Å². The number of hydrogen-bond acceptors (Lipinski definition) is 9. The molecule has 2 aliphatic heterocycles. The second-order valence-corrected chi connectivity index (χ2v) is 18.5. The number of carbonyl (C=O) groups is 4. The quantitative estimate of drug-likeness (QED) is 0.134. The summed E-state index contributed by atoms with van der Waals surface area (Å²) >= 11 is 14.2. The summed E-state index contributed by atoms with van der Waals surface area (Å²) in [6.45, 7) is 3.68. The molecule has 6 unspecified atom stereocenters. The van der Waals surface area contributed by atoms with E-state index in [9.17, 15) is 27.9 Å². The third-order valence-corrected chi connectivity index (χ3v) is 15.3. The number of alkyl halides is 3. The van der Waals surface area contributed by atoms with E-state index in [0.717, 1.165) is 46.9 Å². The van der Waals surface area contributed by atoms with Crippen LogP contribution in [0.1, 0.15) is 42.5 Å². The number of rotatable bonds is 5. The van der Waals surface area contributed by atoms with Crippen LogP contribution in [0, 0.1) is 36.0 Å². The molecule has 5 heterocycles. The van der Waals surface area contributed by atoms with Gasteiger partial charge in [0.15, 0.2) is 5.82 Å². The van der Waals surface area contributed by atoms with E-state index in [0.29, 0.717) is 33.3 Å². The first-order valence-electron chi connectivity index (χ1n) is 19.8. The molecule has 6 aromatic rings. The van der Waals surface area contributed by atoms with Crippen molar-refractivity contribution in [1.82, 2.24) is 19.8 Å². The number of allylic oxidation sites excluding steroid dienone is 2. The topological polar surface area (TPSA) is 129 Å². The van der Waals surface area contributed by atoms with Crippen LogP contribution in [-0.4, -0.2) is 55.6 Å². The molecule has 11 nitrogen and oxygen atoms in total. The molecule has 1 saturated carbocycles. The van der Waals surface area contributed by atoms with Gasteiger partial charge in [0.25, 0.3) is 11.8 Å². The fraction of sp³-hybridized carbons (Fsp3) is 0.289. The Labute approximate surface area is 365 Å². The normalized spacial score (nSPS) is 24.9. The molecule has 2 saturated heterocycles. The van der Waals surface area contributed by atoms with E-state index in [4.69, 9.17) is 28.3 Å². The highest BCUT2D eigenvalue weighted by molar-refractivity contribution is 7.22. The highest BCUT2D eigenvalue weighted by atomic mass is 35.5. The van der Waals surface area contributed by atoms with Gasteiger partial charge >= 0.3 is 6.18 Å². The van der Waals surface area contributed by atoms with Crippen LogP contribution < -0.4 is 9.91 Å². The maximum atomic E-state index is 15.3. The molecular weight excluding hydrogens is 864 g/mol. The summed E-state index contributed by atoms with van der Waals surface area (Å²) in [6, 6.07) is 19.8. The zero-order valence-electron chi connectivity index (χ0n) is 33.4. The van der Waals surface area contributed by atoms with Gasteiger partial charge in [0, 0.05) is 46.8 Å². The minimum Gasteiger partial charge on any atom is -0.507 e. The van der Waals surface area contributed by atoms with Crippen molar-refractivity contribution in [2.45, 2.75) is 38.8 Å². The van der Waals surface area contributed by atoms with E-state index in [1.54, 1.807) is 38.2 Å². The van der Waals surface area contributed by atoms with Crippen LogP contribution >= 0.6 is 34.5 Å². The van der Waals surface area contributed by atoms with E-state index >= 15 is 9.59 Å². The fourth-order valence-electron chi connectivity index (χ4n) is 10.5. The molecule has 0 radical (unpaired) electrons. The second-order valence-electron chi connectivity index (χ2n) is 16.6. The second kappa shape index (κ2) is 13.9. The lowest BCUT2D eigenvalue weighted by Gasteiger charge is -2.49. The van der Waals surface area contributed by atoms with Gasteiger partial charge in [-0.1, -0.05) is 71.2 Å². The Bertz CT molecular complexity index is 3020. The smallest absolute Gasteiger partial charge is 0.433 e. The molecule has 4 amide bonds. The summed E-state index contributed by atoms with van der Waals surface area (Å²) in [5.74, 6) is -7.45. The number of anilines is 2. The molecule has 0 bridgehead atoms. The number of aryl methyl sites for hydroxylation is 2. The van der Waals surface area contributed by atoms with Crippen molar-refractivity contribution < 1.29 is 37.5 Å². The monoisotopic (exact) mass is 898 g/mol. The number of thiophene rings is 1. The number of phenols is 1. The number of imide groups is 2. The number of benzene rings is 3. The zero-order chi connectivity index (χ0) is 43.9. The van der Waals surface area contributed by atoms with Crippen LogP contribution in [0.25, 0.3) is 31.4 Å². The lowest BCUT2D eigenvalue weighted by Crippen LogP contribution is -2.49. The van der Waals surface area contributed by atoms with Crippen LogP contribution in [0.2, 0.25) is 10.0 Å². The van der Waals surface area contributed by atoms with Gasteiger partial charge in [0.1, 0.15) is 23.0 Å². The van der Waals surface area contributed by atoms with Crippen LogP contribution in [-0.2, 0) is 32.4 Å². The largest absolute Gasteiger partial charge is 0.507 e. The van der Waals surface area contributed by atoms with Crippen molar-refractivity contribution >= 4 is 90.7 Å². The number of pyridine rings is 1. The Morgan fingerprint density at radius 3 is 2.45 bits per heavy atom. The summed E-state index contributed by atoms with van der Waals surface area (Å²) in [5.41, 5.74) is -0.258. The van der Waals surface area contributed by atoms with Crippen molar-refractivity contribution in [3.8, 4) is 16.3 Å². The molecule has 316 valence electrons. The van der Waals surface area contributed by atoms with Gasteiger partial charge in [-0.3, -0.25) is 28.9 Å². The Balaban J connectivity index is 1.08. The van der Waals surface area contributed by atoms with Crippen molar-refractivity contribution in [1.29, 1.82) is 0 Å². The van der Waals surface area contributed by atoms with Crippen LogP contribution in [0.15, 0.2) is 84.4 Å². The molecule has 10 rings (SSSR count). The summed E-state index contributed by atoms with van der Waals surface area (Å²) in [6.07, 6.45) is -2.95. The number of hydrazine groups is 1. The highest BCUT2D eigenvalue weighted by Crippen LogP contribution is 2.65. The Morgan fingerprint density at radius 2 is 1.69 bits per heavy atom. The lowest BCUT2D eigenvalue weighted by molar-refractivity contribution is -0.141. The zero-order valence-corrected chi connectivity index (χ0v) is 35.7. The molecule has 0 spiro atoms. The van der Waals surface area contributed by atoms with Crippen LogP contribution in [0.4, 0.5) is 24.8 Å². The molecule has 1 N–H and O–H groups in total. The molecule has 17 heteroatoms. The minimum absolute atomic E-state index is 0.00452. The molecular formula is C45H35Cl2F3N6O5S. The summed E-state index contributed by atoms with van der Waals surface area (Å²) in [4.78, 5) is 65.0.